The van der Waals surface area contributed by atoms with Gasteiger partial charge in [0, 0.05) is 11.8 Å². The number of hydrogen-bond donors (Lipinski definition) is 1. The lowest BCUT2D eigenvalue weighted by molar-refractivity contribution is 0.103. The highest BCUT2D eigenvalue weighted by molar-refractivity contribution is 5.62. The fraction of sp³-hybridized carbons (Fsp3) is 0.286. The van der Waals surface area contributed by atoms with E-state index >= 15 is 0 Å². The smallest absolute Gasteiger partial charge is 0.102 e. The van der Waals surface area contributed by atoms with Crippen molar-refractivity contribution in [3.8, 4) is 11.3 Å². The minimum atomic E-state index is -0.508. The quantitative estimate of drug-likeness (QED) is 0.708. The van der Waals surface area contributed by atoms with Crippen molar-refractivity contribution in [2.24, 2.45) is 0 Å². The number of aliphatic hydroxyl groups excluding tert-OH is 1. The molecule has 3 heteroatoms. The highest BCUT2D eigenvalue weighted by Crippen LogP contribution is 2.37. The van der Waals surface area contributed by atoms with E-state index in [1.165, 1.54) is 5.56 Å². The molecule has 1 N–H and O–H groups in total. The van der Waals surface area contributed by atoms with Crippen LogP contribution in [-0.4, -0.2) is 14.9 Å². The lowest BCUT2D eigenvalue weighted by Crippen LogP contribution is -2.17. The van der Waals surface area contributed by atoms with Crippen molar-refractivity contribution in [1.29, 1.82) is 0 Å². The van der Waals surface area contributed by atoms with Crippen molar-refractivity contribution in [1.82, 2.24) is 9.78 Å². The first-order valence-corrected chi connectivity index (χ1v) is 8.61. The highest BCUT2D eigenvalue weighted by atomic mass is 16.3. The van der Waals surface area contributed by atoms with E-state index in [2.05, 4.69) is 37.4 Å². The molecule has 0 amide bonds. The Morgan fingerprint density at radius 2 is 1.79 bits per heavy atom. The van der Waals surface area contributed by atoms with E-state index in [4.69, 9.17) is 5.10 Å². The summed E-state index contributed by atoms with van der Waals surface area (Å²) in [6.07, 6.45) is 4.59. The van der Waals surface area contributed by atoms with Crippen LogP contribution >= 0.6 is 0 Å². The van der Waals surface area contributed by atoms with Crippen LogP contribution in [-0.2, 0) is 6.42 Å². The lowest BCUT2D eigenvalue weighted by atomic mass is 9.99. The zero-order valence-corrected chi connectivity index (χ0v) is 13.9. The largest absolute Gasteiger partial charge is 0.386 e. The highest BCUT2D eigenvalue weighted by Gasteiger charge is 2.28. The fourth-order valence-electron chi connectivity index (χ4n) is 3.73. The first-order valence-electron chi connectivity index (χ1n) is 8.61. The second kappa shape index (κ2) is 6.25. The number of aliphatic hydroxyl groups is 1. The van der Waals surface area contributed by atoms with Gasteiger partial charge in [0.25, 0.3) is 0 Å². The number of hydrogen-bond acceptors (Lipinski definition) is 2. The van der Waals surface area contributed by atoms with Crippen molar-refractivity contribution in [2.45, 2.75) is 38.3 Å². The Morgan fingerprint density at radius 3 is 2.62 bits per heavy atom. The minimum absolute atomic E-state index is 0.00943. The molecule has 0 spiro atoms. The van der Waals surface area contributed by atoms with Gasteiger partial charge in [0.15, 0.2) is 0 Å². The zero-order valence-electron chi connectivity index (χ0n) is 13.9. The molecule has 1 aliphatic carbocycles. The summed E-state index contributed by atoms with van der Waals surface area (Å²) in [4.78, 5) is 0. The number of benzene rings is 2. The number of nitrogens with zero attached hydrogens (tertiary/aromatic N) is 2. The molecule has 0 saturated heterocycles. The molecule has 1 aliphatic rings. The molecule has 2 atom stereocenters. The second-order valence-corrected chi connectivity index (χ2v) is 6.61. The summed E-state index contributed by atoms with van der Waals surface area (Å²) in [5.74, 6) is 0. The predicted molar refractivity (Wildman–Crippen MR) is 95.8 cm³/mol. The van der Waals surface area contributed by atoms with Crippen LogP contribution in [0.4, 0.5) is 0 Å². The minimum Gasteiger partial charge on any atom is -0.386 e. The Labute approximate surface area is 142 Å². The first kappa shape index (κ1) is 15.2. The van der Waals surface area contributed by atoms with Crippen LogP contribution in [0.25, 0.3) is 11.3 Å². The van der Waals surface area contributed by atoms with Gasteiger partial charge in [0.2, 0.25) is 0 Å². The van der Waals surface area contributed by atoms with Gasteiger partial charge in [-0.25, -0.2) is 0 Å². The first-order chi connectivity index (χ1) is 11.7. The molecule has 24 heavy (non-hydrogen) atoms. The predicted octanol–water partition coefficient (Wildman–Crippen LogP) is 4.47. The SMILES string of the molecule is Cc1cn([C@@H]2CCCc3ccccc3[C@@H]2O)nc1-c1ccccc1. The van der Waals surface area contributed by atoms with Crippen LogP contribution in [0.1, 0.15) is 41.7 Å². The normalized spacial score (nSPS) is 20.4. The molecule has 3 aromatic rings. The maximum absolute atomic E-state index is 11.0. The molecular formula is C21H22N2O. The molecular weight excluding hydrogens is 296 g/mol. The van der Waals surface area contributed by atoms with E-state index in [9.17, 15) is 5.11 Å². The summed E-state index contributed by atoms with van der Waals surface area (Å²) >= 11 is 0. The molecule has 0 aliphatic heterocycles. The van der Waals surface area contributed by atoms with Gasteiger partial charge in [-0.2, -0.15) is 5.10 Å². The molecule has 4 rings (SSSR count). The Bertz CT molecular complexity index is 838. The summed E-state index contributed by atoms with van der Waals surface area (Å²) in [6, 6.07) is 18.5. The molecule has 0 unspecified atom stereocenters. The maximum atomic E-state index is 11.0. The van der Waals surface area contributed by atoms with Crippen LogP contribution < -0.4 is 0 Å². The van der Waals surface area contributed by atoms with E-state index in [-0.39, 0.29) is 6.04 Å². The number of aromatic nitrogens is 2. The van der Waals surface area contributed by atoms with Crippen molar-refractivity contribution in [2.75, 3.05) is 0 Å². The summed E-state index contributed by atoms with van der Waals surface area (Å²) in [6.45, 7) is 2.09. The molecule has 0 bridgehead atoms. The molecule has 122 valence electrons. The average Bonchev–Trinajstić information content (AvgIpc) is 2.92. The van der Waals surface area contributed by atoms with E-state index < -0.39 is 6.10 Å². The second-order valence-electron chi connectivity index (χ2n) is 6.61. The maximum Gasteiger partial charge on any atom is 0.102 e. The zero-order chi connectivity index (χ0) is 16.5. The Morgan fingerprint density at radius 1 is 1.04 bits per heavy atom. The van der Waals surface area contributed by atoms with E-state index in [0.717, 1.165) is 41.6 Å². The third kappa shape index (κ3) is 2.65. The van der Waals surface area contributed by atoms with Crippen molar-refractivity contribution < 1.29 is 5.11 Å². The fourth-order valence-corrected chi connectivity index (χ4v) is 3.73. The Kier molecular flexibility index (Phi) is 3.95. The van der Waals surface area contributed by atoms with Crippen LogP contribution in [0.5, 0.6) is 0 Å². The number of rotatable bonds is 2. The topological polar surface area (TPSA) is 38.0 Å². The van der Waals surface area contributed by atoms with Crippen LogP contribution in [0.2, 0.25) is 0 Å². The molecule has 2 aromatic carbocycles. The monoisotopic (exact) mass is 318 g/mol. The van der Waals surface area contributed by atoms with Gasteiger partial charge in [-0.1, -0.05) is 54.6 Å². The van der Waals surface area contributed by atoms with E-state index in [1.807, 2.05) is 35.0 Å². The summed E-state index contributed by atoms with van der Waals surface area (Å²) in [5, 5.41) is 15.8. The standard InChI is InChI=1S/C21H22N2O/c1-15-14-23(22-20(15)17-9-3-2-4-10-17)19-13-7-11-16-8-5-6-12-18(16)21(19)24/h2-6,8-10,12,14,19,21,24H,7,11,13H2,1H3/t19-,21+/m1/s1. The van der Waals surface area contributed by atoms with Crippen molar-refractivity contribution >= 4 is 0 Å². The van der Waals surface area contributed by atoms with Crippen LogP contribution in [0.3, 0.4) is 0 Å². The lowest BCUT2D eigenvalue weighted by Gasteiger charge is -2.22. The molecule has 0 radical (unpaired) electrons. The van der Waals surface area contributed by atoms with Gasteiger partial charge in [-0.3, -0.25) is 4.68 Å². The molecule has 1 heterocycles. The van der Waals surface area contributed by atoms with Gasteiger partial charge in [0.1, 0.15) is 6.10 Å². The van der Waals surface area contributed by atoms with Gasteiger partial charge in [0.05, 0.1) is 11.7 Å². The number of fused-ring (bicyclic) bond motifs is 1. The molecule has 0 fully saturated rings. The third-order valence-electron chi connectivity index (χ3n) is 4.99. The summed E-state index contributed by atoms with van der Waals surface area (Å²) in [7, 11) is 0. The van der Waals surface area contributed by atoms with Gasteiger partial charge in [-0.15, -0.1) is 0 Å². The summed E-state index contributed by atoms with van der Waals surface area (Å²) in [5.41, 5.74) is 5.58. The average molecular weight is 318 g/mol. The van der Waals surface area contributed by atoms with Crippen molar-refractivity contribution in [3.05, 3.63) is 77.5 Å². The van der Waals surface area contributed by atoms with Crippen LogP contribution in [0, 0.1) is 6.92 Å². The summed E-state index contributed by atoms with van der Waals surface area (Å²) < 4.78 is 1.98. The number of aryl methyl sites for hydroxylation is 2. The Hall–Kier alpha value is -2.39. The van der Waals surface area contributed by atoms with E-state index in [0.29, 0.717) is 0 Å². The molecule has 3 nitrogen and oxygen atoms in total. The van der Waals surface area contributed by atoms with Gasteiger partial charge in [-0.05, 0) is 42.9 Å². The van der Waals surface area contributed by atoms with Crippen molar-refractivity contribution in [3.63, 3.8) is 0 Å². The Balaban J connectivity index is 1.72. The van der Waals surface area contributed by atoms with E-state index in [1.54, 1.807) is 0 Å². The molecule has 1 aromatic heterocycles. The third-order valence-corrected chi connectivity index (χ3v) is 4.99. The van der Waals surface area contributed by atoms with Gasteiger partial charge >= 0.3 is 0 Å². The molecule has 0 saturated carbocycles. The van der Waals surface area contributed by atoms with Crippen LogP contribution in [0.15, 0.2) is 60.8 Å². The van der Waals surface area contributed by atoms with Gasteiger partial charge < -0.3 is 5.11 Å².